The molecule has 1 atom stereocenters. The van der Waals surface area contributed by atoms with Crippen LogP contribution < -0.4 is 4.74 Å². The molecule has 0 N–H and O–H groups in total. The first kappa shape index (κ1) is 24.5. The molecule has 3 heterocycles. The van der Waals surface area contributed by atoms with Gasteiger partial charge in [0.1, 0.15) is 23.7 Å². The Morgan fingerprint density at radius 2 is 1.78 bits per heavy atom. The van der Waals surface area contributed by atoms with Gasteiger partial charge >= 0.3 is 0 Å². The summed E-state index contributed by atoms with van der Waals surface area (Å²) in [6.45, 7) is 3.08. The second kappa shape index (κ2) is 10.8. The molecule has 0 spiro atoms. The van der Waals surface area contributed by atoms with Crippen LogP contribution in [0.2, 0.25) is 5.02 Å². The third-order valence-corrected chi connectivity index (χ3v) is 6.72. The molecular formula is C27H28ClN3O5. The normalized spacial score (nSPS) is 20.4. The number of hydrogen-bond acceptors (Lipinski definition) is 6. The summed E-state index contributed by atoms with van der Waals surface area (Å²) in [7, 11) is 0. The highest BCUT2D eigenvalue weighted by molar-refractivity contribution is 6.30. The van der Waals surface area contributed by atoms with Crippen LogP contribution in [0.4, 0.5) is 0 Å². The van der Waals surface area contributed by atoms with Gasteiger partial charge in [0.15, 0.2) is 0 Å². The number of pyridine rings is 1. The number of fused-ring (bicyclic) bond motifs is 1. The van der Waals surface area contributed by atoms with Crippen LogP contribution in [0, 0.1) is 0 Å². The Morgan fingerprint density at radius 1 is 0.972 bits per heavy atom. The number of para-hydroxylation sites is 1. The number of amides is 2. The van der Waals surface area contributed by atoms with Gasteiger partial charge < -0.3 is 24.0 Å². The summed E-state index contributed by atoms with van der Waals surface area (Å²) in [6, 6.07) is 18.4. The van der Waals surface area contributed by atoms with Crippen LogP contribution in [-0.2, 0) is 14.3 Å². The fourth-order valence-electron chi connectivity index (χ4n) is 4.58. The van der Waals surface area contributed by atoms with Crippen molar-refractivity contribution in [3.05, 3.63) is 71.4 Å². The third kappa shape index (κ3) is 5.61. The predicted octanol–water partition coefficient (Wildman–Crippen LogP) is 3.43. The minimum Gasteiger partial charge on any atom is -0.490 e. The molecule has 2 fully saturated rings. The Labute approximate surface area is 214 Å². The molecule has 2 aliphatic heterocycles. The first-order valence-corrected chi connectivity index (χ1v) is 12.4. The van der Waals surface area contributed by atoms with Crippen LogP contribution in [0.3, 0.4) is 0 Å². The zero-order valence-electron chi connectivity index (χ0n) is 19.9. The molecule has 9 heteroatoms. The van der Waals surface area contributed by atoms with Gasteiger partial charge in [-0.25, -0.2) is 4.98 Å². The standard InChI is InChI=1S/C27H28ClN3O5/c28-21-5-3-6-22(16-21)35-19-27(17-25(32)30-10-13-34-14-11-30)18-31(12-15-36-27)26(33)24-9-8-20-4-1-2-7-23(20)29-24/h1-9,16H,10-15,17-19H2/t27-/m0/s1. The smallest absolute Gasteiger partial charge is 0.272 e. The van der Waals surface area contributed by atoms with E-state index in [1.165, 1.54) is 0 Å². The highest BCUT2D eigenvalue weighted by atomic mass is 35.5. The second-order valence-corrected chi connectivity index (χ2v) is 9.50. The van der Waals surface area contributed by atoms with Crippen LogP contribution in [0.15, 0.2) is 60.7 Å². The van der Waals surface area contributed by atoms with Crippen molar-refractivity contribution in [1.82, 2.24) is 14.8 Å². The van der Waals surface area contributed by atoms with E-state index in [2.05, 4.69) is 4.98 Å². The number of morpholine rings is 2. The van der Waals surface area contributed by atoms with Gasteiger partial charge in [0, 0.05) is 30.0 Å². The van der Waals surface area contributed by atoms with E-state index < -0.39 is 5.60 Å². The molecule has 2 aromatic carbocycles. The molecule has 0 unspecified atom stereocenters. The Morgan fingerprint density at radius 3 is 2.61 bits per heavy atom. The maximum Gasteiger partial charge on any atom is 0.272 e. The van der Waals surface area contributed by atoms with Crippen molar-refractivity contribution in [2.24, 2.45) is 0 Å². The first-order chi connectivity index (χ1) is 17.5. The highest BCUT2D eigenvalue weighted by Gasteiger charge is 2.42. The summed E-state index contributed by atoms with van der Waals surface area (Å²) in [5, 5.41) is 1.52. The summed E-state index contributed by atoms with van der Waals surface area (Å²) in [4.78, 5) is 34.8. The molecule has 0 radical (unpaired) electrons. The van der Waals surface area contributed by atoms with Crippen molar-refractivity contribution < 1.29 is 23.8 Å². The van der Waals surface area contributed by atoms with Gasteiger partial charge in [0.05, 0.1) is 38.3 Å². The summed E-state index contributed by atoms with van der Waals surface area (Å²) >= 11 is 6.12. The van der Waals surface area contributed by atoms with Crippen molar-refractivity contribution >= 4 is 34.3 Å². The van der Waals surface area contributed by atoms with Crippen LogP contribution >= 0.6 is 11.6 Å². The van der Waals surface area contributed by atoms with Gasteiger partial charge in [-0.3, -0.25) is 9.59 Å². The lowest BCUT2D eigenvalue weighted by atomic mass is 9.96. The van der Waals surface area contributed by atoms with Gasteiger partial charge in [0.25, 0.3) is 5.91 Å². The van der Waals surface area contributed by atoms with Crippen LogP contribution in [0.5, 0.6) is 5.75 Å². The molecule has 188 valence electrons. The van der Waals surface area contributed by atoms with Gasteiger partial charge in [-0.2, -0.15) is 0 Å². The SMILES string of the molecule is O=C(C[C@@]1(COc2cccc(Cl)c2)CN(C(=O)c2ccc3ccccc3n2)CCO1)N1CCOCC1. The van der Waals surface area contributed by atoms with Crippen molar-refractivity contribution in [3.63, 3.8) is 0 Å². The zero-order chi connectivity index (χ0) is 25.0. The van der Waals surface area contributed by atoms with Gasteiger partial charge in [0.2, 0.25) is 5.91 Å². The molecule has 0 saturated carbocycles. The molecule has 2 aliphatic rings. The molecule has 1 aromatic heterocycles. The average molecular weight is 510 g/mol. The topological polar surface area (TPSA) is 81.2 Å². The maximum atomic E-state index is 13.5. The highest BCUT2D eigenvalue weighted by Crippen LogP contribution is 2.27. The lowest BCUT2D eigenvalue weighted by Crippen LogP contribution is -2.58. The van der Waals surface area contributed by atoms with E-state index in [1.807, 2.05) is 30.3 Å². The van der Waals surface area contributed by atoms with Crippen molar-refractivity contribution in [2.75, 3.05) is 52.6 Å². The molecule has 5 rings (SSSR count). The van der Waals surface area contributed by atoms with Crippen LogP contribution in [0.25, 0.3) is 10.9 Å². The number of benzene rings is 2. The monoisotopic (exact) mass is 509 g/mol. The molecule has 8 nitrogen and oxygen atoms in total. The Bertz CT molecular complexity index is 1250. The van der Waals surface area contributed by atoms with Crippen molar-refractivity contribution in [1.29, 1.82) is 0 Å². The number of aromatic nitrogens is 1. The first-order valence-electron chi connectivity index (χ1n) is 12.0. The number of rotatable bonds is 6. The predicted molar refractivity (Wildman–Crippen MR) is 135 cm³/mol. The average Bonchev–Trinajstić information content (AvgIpc) is 2.92. The number of hydrogen-bond donors (Lipinski definition) is 0. The van der Waals surface area contributed by atoms with Crippen LogP contribution in [-0.4, -0.2) is 84.8 Å². The summed E-state index contributed by atoms with van der Waals surface area (Å²) in [5.74, 6) is 0.324. The van der Waals surface area contributed by atoms with E-state index in [0.717, 1.165) is 10.9 Å². The largest absolute Gasteiger partial charge is 0.490 e. The van der Waals surface area contributed by atoms with E-state index in [1.54, 1.807) is 40.1 Å². The quantitative estimate of drug-likeness (QED) is 0.506. The van der Waals surface area contributed by atoms with E-state index in [9.17, 15) is 9.59 Å². The second-order valence-electron chi connectivity index (χ2n) is 9.06. The lowest BCUT2D eigenvalue weighted by Gasteiger charge is -2.43. The number of halogens is 1. The number of carbonyl (C=O) groups excluding carboxylic acids is 2. The Kier molecular flexibility index (Phi) is 7.36. The minimum atomic E-state index is -1.01. The van der Waals surface area contributed by atoms with Crippen LogP contribution in [0.1, 0.15) is 16.9 Å². The van der Waals surface area contributed by atoms with Gasteiger partial charge in [-0.05, 0) is 30.3 Å². The summed E-state index contributed by atoms with van der Waals surface area (Å²) in [5.41, 5.74) is 0.108. The zero-order valence-corrected chi connectivity index (χ0v) is 20.7. The minimum absolute atomic E-state index is 0.0499. The molecule has 0 bridgehead atoms. The molecule has 0 aliphatic carbocycles. The lowest BCUT2D eigenvalue weighted by molar-refractivity contribution is -0.155. The molecule has 2 amide bonds. The fraction of sp³-hybridized carbons (Fsp3) is 0.370. The van der Waals surface area contributed by atoms with Gasteiger partial charge in [-0.1, -0.05) is 41.9 Å². The molecule has 36 heavy (non-hydrogen) atoms. The fourth-order valence-corrected chi connectivity index (χ4v) is 4.76. The maximum absolute atomic E-state index is 13.5. The Balaban J connectivity index is 1.37. The molecule has 3 aromatic rings. The van der Waals surface area contributed by atoms with E-state index in [4.69, 9.17) is 25.8 Å². The van der Waals surface area contributed by atoms with E-state index in [0.29, 0.717) is 49.3 Å². The number of carbonyl (C=O) groups is 2. The molecular weight excluding hydrogens is 482 g/mol. The van der Waals surface area contributed by atoms with Crippen molar-refractivity contribution in [3.8, 4) is 5.75 Å². The molecule has 2 saturated heterocycles. The Hall–Kier alpha value is -3.20. The van der Waals surface area contributed by atoms with Crippen molar-refractivity contribution in [2.45, 2.75) is 12.0 Å². The summed E-state index contributed by atoms with van der Waals surface area (Å²) in [6.07, 6.45) is 0.0858. The summed E-state index contributed by atoms with van der Waals surface area (Å²) < 4.78 is 17.7. The van der Waals surface area contributed by atoms with E-state index >= 15 is 0 Å². The number of nitrogens with zero attached hydrogens (tertiary/aromatic N) is 3. The van der Waals surface area contributed by atoms with Gasteiger partial charge in [-0.15, -0.1) is 0 Å². The third-order valence-electron chi connectivity index (χ3n) is 6.49. The van der Waals surface area contributed by atoms with E-state index in [-0.39, 0.29) is 38.0 Å². The number of ether oxygens (including phenoxy) is 3.